The minimum atomic E-state index is -0.750. The Bertz CT molecular complexity index is 60.0. The van der Waals surface area contributed by atoms with Crippen LogP contribution in [0, 0.1) is 0 Å². The van der Waals surface area contributed by atoms with Crippen molar-refractivity contribution in [3.05, 3.63) is 0 Å². The quantitative estimate of drug-likeness (QED) is 0.331. The fraction of sp³-hybridized carbons (Fsp3) is 1.00. The molecule has 0 unspecified atom stereocenters. The van der Waals surface area contributed by atoms with Crippen molar-refractivity contribution in [2.75, 3.05) is 0 Å². The summed E-state index contributed by atoms with van der Waals surface area (Å²) in [6.07, 6.45) is 0. The Labute approximate surface area is 136 Å². The number of hydrogen-bond acceptors (Lipinski definition) is 2. The minimum absolute atomic E-state index is 0. The van der Waals surface area contributed by atoms with Gasteiger partial charge >= 0.3 is 75.4 Å². The largest absolute Gasteiger partial charge is 1.00 e. The molecule has 0 atom stereocenters. The fourth-order valence-corrected chi connectivity index (χ4v) is 0. The number of halogens is 1. The Morgan fingerprint density at radius 2 is 0.667 bits per heavy atom. The maximum atomic E-state index is 10.1. The summed E-state index contributed by atoms with van der Waals surface area (Å²) in [5.74, 6) is 0. The zero-order valence-corrected chi connectivity index (χ0v) is 14.5. The van der Waals surface area contributed by atoms with E-state index in [0.717, 1.165) is 0 Å². The van der Waals surface area contributed by atoms with Gasteiger partial charge in [0.15, 0.2) is 0 Å². The van der Waals surface area contributed by atoms with Gasteiger partial charge in [0.05, 0.1) is 0 Å². The van der Waals surface area contributed by atoms with E-state index in [1.165, 1.54) is 0 Å². The van der Waals surface area contributed by atoms with Crippen molar-refractivity contribution < 1.29 is 85.6 Å². The standard InChI is InChI=1S/2C4H9O.I.K/c2*1-4(2,3)5;;/h2*1-3H3;;/q2*-1;2*+1. The van der Waals surface area contributed by atoms with Gasteiger partial charge in [0, 0.05) is 0 Å². The first-order valence-corrected chi connectivity index (χ1v) is 3.41. The van der Waals surface area contributed by atoms with E-state index in [9.17, 15) is 10.2 Å². The van der Waals surface area contributed by atoms with E-state index in [0.29, 0.717) is 0 Å². The number of rotatable bonds is 0. The first kappa shape index (κ1) is 23.8. The Morgan fingerprint density at radius 1 is 0.667 bits per heavy atom. The summed E-state index contributed by atoms with van der Waals surface area (Å²) in [5.41, 5.74) is -1.50. The summed E-state index contributed by atoms with van der Waals surface area (Å²) in [6.45, 7) is 9.79. The van der Waals surface area contributed by atoms with Gasteiger partial charge in [0.25, 0.3) is 0 Å². The maximum absolute atomic E-state index is 10.1. The molecule has 0 N–H and O–H groups in total. The maximum Gasteiger partial charge on any atom is 1.00 e. The summed E-state index contributed by atoms with van der Waals surface area (Å²) >= 11 is 0. The minimum Gasteiger partial charge on any atom is -0.850 e. The van der Waals surface area contributed by atoms with Gasteiger partial charge in [-0.2, -0.15) is 0 Å². The van der Waals surface area contributed by atoms with Crippen molar-refractivity contribution in [3.63, 3.8) is 0 Å². The molecule has 2 radical (unpaired) electrons. The molecule has 0 fully saturated rings. The monoisotopic (exact) mass is 312 g/mol. The van der Waals surface area contributed by atoms with Crippen LogP contribution in [0.15, 0.2) is 0 Å². The number of hydrogen-bond donors (Lipinski definition) is 0. The van der Waals surface area contributed by atoms with Gasteiger partial charge in [0.1, 0.15) is 0 Å². The molecule has 0 spiro atoms. The van der Waals surface area contributed by atoms with Gasteiger partial charge in [-0.25, -0.2) is 0 Å². The molecular weight excluding hydrogens is 294 g/mol. The molecule has 0 aliphatic heterocycles. The van der Waals surface area contributed by atoms with E-state index in [2.05, 4.69) is 0 Å². The molecule has 0 aromatic rings. The van der Waals surface area contributed by atoms with E-state index >= 15 is 0 Å². The van der Waals surface area contributed by atoms with Crippen LogP contribution in [-0.4, -0.2) is 11.2 Å². The van der Waals surface area contributed by atoms with Crippen LogP contribution < -0.4 is 85.6 Å². The molecule has 0 aliphatic rings. The second-order valence-electron chi connectivity index (χ2n) is 4.22. The van der Waals surface area contributed by atoms with Gasteiger partial charge in [-0.3, -0.25) is 0 Å². The molecule has 0 aromatic heterocycles. The smallest absolute Gasteiger partial charge is 0.850 e. The summed E-state index contributed by atoms with van der Waals surface area (Å²) in [5, 5.41) is 20.2. The zero-order valence-electron chi connectivity index (χ0n) is 9.19. The van der Waals surface area contributed by atoms with Crippen LogP contribution in [0.3, 0.4) is 0 Å². The van der Waals surface area contributed by atoms with E-state index in [1.807, 2.05) is 0 Å². The van der Waals surface area contributed by atoms with Crippen LogP contribution in [0.1, 0.15) is 41.5 Å². The van der Waals surface area contributed by atoms with Crippen molar-refractivity contribution in [2.24, 2.45) is 0 Å². The molecular formula is C8H18IKO2. The topological polar surface area (TPSA) is 46.1 Å². The van der Waals surface area contributed by atoms with Crippen LogP contribution in [0.2, 0.25) is 0 Å². The SMILES string of the molecule is CC(C)(C)[O-].CC(C)(C)[O-].[I+].[K+]. The first-order chi connectivity index (χ1) is 4.00. The van der Waals surface area contributed by atoms with E-state index < -0.39 is 11.2 Å². The van der Waals surface area contributed by atoms with Gasteiger partial charge in [0.2, 0.25) is 0 Å². The second-order valence-corrected chi connectivity index (χ2v) is 4.22. The van der Waals surface area contributed by atoms with Crippen LogP contribution in [0.25, 0.3) is 0 Å². The van der Waals surface area contributed by atoms with E-state index in [4.69, 9.17) is 0 Å². The average Bonchev–Trinajstić information content (AvgIpc) is 1.12. The molecule has 0 rings (SSSR count). The van der Waals surface area contributed by atoms with Crippen LogP contribution in [0.5, 0.6) is 0 Å². The summed E-state index contributed by atoms with van der Waals surface area (Å²) in [7, 11) is 0. The average molecular weight is 312 g/mol. The van der Waals surface area contributed by atoms with Crippen molar-refractivity contribution in [2.45, 2.75) is 52.7 Å². The molecule has 4 heteroatoms. The summed E-state index contributed by atoms with van der Waals surface area (Å²) < 4.78 is 0. The molecule has 0 heterocycles. The van der Waals surface area contributed by atoms with Crippen molar-refractivity contribution in [3.8, 4) is 0 Å². The van der Waals surface area contributed by atoms with Gasteiger partial charge in [-0.15, -0.1) is 11.2 Å². The molecule has 2 nitrogen and oxygen atoms in total. The molecule has 0 aliphatic carbocycles. The molecule has 0 bridgehead atoms. The molecule has 0 saturated carbocycles. The van der Waals surface area contributed by atoms with Gasteiger partial charge in [-0.05, 0) is 0 Å². The molecule has 70 valence electrons. The third kappa shape index (κ3) is 299. The van der Waals surface area contributed by atoms with Crippen molar-refractivity contribution in [1.29, 1.82) is 0 Å². The Kier molecular flexibility index (Phi) is 19.5. The molecule has 12 heavy (non-hydrogen) atoms. The predicted molar refractivity (Wildman–Crippen MR) is 39.5 cm³/mol. The molecule has 0 aromatic carbocycles. The summed E-state index contributed by atoms with van der Waals surface area (Å²) in [4.78, 5) is 0. The van der Waals surface area contributed by atoms with Gasteiger partial charge in [-0.1, -0.05) is 41.5 Å². The van der Waals surface area contributed by atoms with E-state index in [-0.39, 0.29) is 75.4 Å². The normalized spacial score (nSPS) is 10.0. The predicted octanol–water partition coefficient (Wildman–Crippen LogP) is -5.70. The Hall–Kier alpha value is 2.29. The third-order valence-electron chi connectivity index (χ3n) is 0. The van der Waals surface area contributed by atoms with Crippen LogP contribution >= 0.6 is 0 Å². The Morgan fingerprint density at radius 3 is 0.667 bits per heavy atom. The third-order valence-corrected chi connectivity index (χ3v) is 0. The first-order valence-electron chi connectivity index (χ1n) is 3.41. The van der Waals surface area contributed by atoms with Crippen LogP contribution in [-0.2, 0) is 0 Å². The van der Waals surface area contributed by atoms with Gasteiger partial charge < -0.3 is 10.2 Å². The molecule has 0 amide bonds. The fourth-order valence-electron chi connectivity index (χ4n) is 0. The Balaban J connectivity index is -0.0000000457. The van der Waals surface area contributed by atoms with E-state index in [1.54, 1.807) is 41.5 Å². The van der Waals surface area contributed by atoms with Crippen molar-refractivity contribution >= 4 is 0 Å². The summed E-state index contributed by atoms with van der Waals surface area (Å²) in [6, 6.07) is 0. The van der Waals surface area contributed by atoms with Crippen molar-refractivity contribution in [1.82, 2.24) is 0 Å². The zero-order chi connectivity index (χ0) is 9.00. The molecule has 0 saturated heterocycles. The van der Waals surface area contributed by atoms with Crippen LogP contribution in [0.4, 0.5) is 0 Å². The second kappa shape index (κ2) is 9.83.